The van der Waals surface area contributed by atoms with Crippen molar-refractivity contribution in [1.82, 2.24) is 0 Å². The molecule has 0 radical (unpaired) electrons. The van der Waals surface area contributed by atoms with E-state index >= 15 is 0 Å². The second-order valence-electron chi connectivity index (χ2n) is 7.90. The smallest absolute Gasteiger partial charge is 0.335 e. The van der Waals surface area contributed by atoms with Gasteiger partial charge in [-0.2, -0.15) is 0 Å². The van der Waals surface area contributed by atoms with Crippen molar-refractivity contribution in [1.29, 1.82) is 0 Å². The Morgan fingerprint density at radius 2 is 1.61 bits per heavy atom. The molecule has 0 spiro atoms. The number of hydrogen-bond acceptors (Lipinski definition) is 2. The fourth-order valence-electron chi connectivity index (χ4n) is 4.38. The number of fused-ring (bicyclic) bond motifs is 5. The van der Waals surface area contributed by atoms with Gasteiger partial charge in [0, 0.05) is 0 Å². The minimum Gasteiger partial charge on any atom is -0.478 e. The van der Waals surface area contributed by atoms with E-state index in [-0.39, 0.29) is 11.1 Å². The Bertz CT molecular complexity index is 1200. The number of carboxylic acid groups (broad SMARTS) is 2. The molecule has 0 atom stereocenters. The van der Waals surface area contributed by atoms with Gasteiger partial charge >= 0.3 is 11.9 Å². The molecule has 3 aromatic rings. The van der Waals surface area contributed by atoms with Gasteiger partial charge in [0.2, 0.25) is 0 Å². The highest BCUT2D eigenvalue weighted by Crippen LogP contribution is 2.38. The molecule has 2 aliphatic rings. The molecule has 0 aliphatic heterocycles. The number of aromatic carboxylic acids is 2. The maximum Gasteiger partial charge on any atom is 0.335 e. The van der Waals surface area contributed by atoms with Crippen molar-refractivity contribution < 1.29 is 19.8 Å². The first-order valence-electron chi connectivity index (χ1n) is 10.4. The summed E-state index contributed by atoms with van der Waals surface area (Å²) in [6, 6.07) is 17.5. The predicted molar refractivity (Wildman–Crippen MR) is 122 cm³/mol. The van der Waals surface area contributed by atoms with Gasteiger partial charge in [-0.25, -0.2) is 9.59 Å². The predicted octanol–water partition coefficient (Wildman–Crippen LogP) is 5.80. The van der Waals surface area contributed by atoms with Crippen LogP contribution in [0.2, 0.25) is 0 Å². The van der Waals surface area contributed by atoms with E-state index in [0.29, 0.717) is 5.56 Å². The molecule has 5 rings (SSSR count). The average Bonchev–Trinajstić information content (AvgIpc) is 2.79. The highest BCUT2D eigenvalue weighted by Gasteiger charge is 2.20. The third-order valence-electron chi connectivity index (χ3n) is 5.99. The summed E-state index contributed by atoms with van der Waals surface area (Å²) < 4.78 is 0. The normalized spacial score (nSPS) is 13.2. The molecule has 0 aromatic heterocycles. The highest BCUT2D eigenvalue weighted by molar-refractivity contribution is 5.94. The standard InChI is InChI=1S/C18H16.C9H8O4/c1-3-7-15-13(5-1)9-11-18-16-8-4-2-6-14(16)10-12-17(15)18;1-5-2-3-6(8(10)11)4-7(5)9(12)13/h1-3,5-7,10,12H,4,8-9,11H2;2-4H,1H3,(H,10,11)(H,12,13). The fraction of sp³-hybridized carbons (Fsp3) is 0.185. The Labute approximate surface area is 181 Å². The second kappa shape index (κ2) is 8.60. The quantitative estimate of drug-likeness (QED) is 0.558. The van der Waals surface area contributed by atoms with E-state index < -0.39 is 11.9 Å². The van der Waals surface area contributed by atoms with Gasteiger partial charge in [0.15, 0.2) is 0 Å². The molecule has 0 unspecified atom stereocenters. The van der Waals surface area contributed by atoms with Gasteiger partial charge in [0.25, 0.3) is 0 Å². The maximum absolute atomic E-state index is 10.6. The zero-order valence-corrected chi connectivity index (χ0v) is 17.4. The summed E-state index contributed by atoms with van der Waals surface area (Å²) in [6.07, 6.45) is 9.42. The third kappa shape index (κ3) is 4.15. The van der Waals surface area contributed by atoms with Crippen molar-refractivity contribution in [2.75, 3.05) is 0 Å². The molecule has 0 amide bonds. The third-order valence-corrected chi connectivity index (χ3v) is 5.99. The van der Waals surface area contributed by atoms with E-state index in [2.05, 4.69) is 48.6 Å². The molecule has 0 saturated carbocycles. The zero-order chi connectivity index (χ0) is 22.0. The van der Waals surface area contributed by atoms with Crippen LogP contribution in [-0.4, -0.2) is 22.2 Å². The fourth-order valence-corrected chi connectivity index (χ4v) is 4.38. The number of carbonyl (C=O) groups is 2. The minimum atomic E-state index is -1.12. The largest absolute Gasteiger partial charge is 0.478 e. The van der Waals surface area contributed by atoms with Crippen molar-refractivity contribution in [3.05, 3.63) is 99.6 Å². The average molecular weight is 412 g/mol. The number of allylic oxidation sites excluding steroid dienone is 1. The topological polar surface area (TPSA) is 74.6 Å². The first-order valence-corrected chi connectivity index (χ1v) is 10.4. The molecule has 0 heterocycles. The van der Waals surface area contributed by atoms with Crippen LogP contribution in [-0.2, 0) is 19.3 Å². The summed E-state index contributed by atoms with van der Waals surface area (Å²) in [5, 5.41) is 17.3. The molecule has 0 bridgehead atoms. The molecule has 0 fully saturated rings. The van der Waals surface area contributed by atoms with E-state index in [1.165, 1.54) is 60.1 Å². The first-order chi connectivity index (χ1) is 15.0. The maximum atomic E-state index is 10.6. The molecule has 2 aliphatic carbocycles. The van der Waals surface area contributed by atoms with Crippen LogP contribution in [0, 0.1) is 6.92 Å². The summed E-state index contributed by atoms with van der Waals surface area (Å²) in [5.41, 5.74) is 9.66. The zero-order valence-electron chi connectivity index (χ0n) is 17.4. The van der Waals surface area contributed by atoms with Gasteiger partial charge < -0.3 is 10.2 Å². The van der Waals surface area contributed by atoms with Crippen LogP contribution in [0.4, 0.5) is 0 Å². The van der Waals surface area contributed by atoms with Crippen molar-refractivity contribution in [2.24, 2.45) is 0 Å². The van der Waals surface area contributed by atoms with Crippen LogP contribution < -0.4 is 0 Å². The van der Waals surface area contributed by atoms with Gasteiger partial charge in [-0.1, -0.05) is 54.6 Å². The Balaban J connectivity index is 0.000000159. The Kier molecular flexibility index (Phi) is 5.72. The van der Waals surface area contributed by atoms with Crippen LogP contribution in [0.25, 0.3) is 17.2 Å². The molecular weight excluding hydrogens is 388 g/mol. The van der Waals surface area contributed by atoms with Crippen LogP contribution in [0.5, 0.6) is 0 Å². The van der Waals surface area contributed by atoms with Crippen molar-refractivity contribution >= 4 is 18.0 Å². The summed E-state index contributed by atoms with van der Waals surface area (Å²) >= 11 is 0. The Morgan fingerprint density at radius 1 is 0.806 bits per heavy atom. The van der Waals surface area contributed by atoms with E-state index in [1.807, 2.05) is 0 Å². The lowest BCUT2D eigenvalue weighted by atomic mass is 9.80. The summed E-state index contributed by atoms with van der Waals surface area (Å²) in [5.74, 6) is -2.23. The lowest BCUT2D eigenvalue weighted by molar-refractivity contribution is 0.0695. The molecule has 2 N–H and O–H groups in total. The van der Waals surface area contributed by atoms with Gasteiger partial charge in [0.05, 0.1) is 11.1 Å². The van der Waals surface area contributed by atoms with Gasteiger partial charge in [0.1, 0.15) is 0 Å². The number of carboxylic acids is 2. The van der Waals surface area contributed by atoms with E-state index in [4.69, 9.17) is 10.2 Å². The SMILES string of the molecule is C1=Cc2ccc3c(c2CC1)CCc1ccccc1-3.Cc1ccc(C(=O)O)cc1C(=O)O. The van der Waals surface area contributed by atoms with Crippen molar-refractivity contribution in [3.63, 3.8) is 0 Å². The summed E-state index contributed by atoms with van der Waals surface area (Å²) in [4.78, 5) is 21.1. The monoisotopic (exact) mass is 412 g/mol. The van der Waals surface area contributed by atoms with Gasteiger partial charge in [-0.15, -0.1) is 0 Å². The number of rotatable bonds is 2. The molecule has 4 nitrogen and oxygen atoms in total. The number of hydrogen-bond donors (Lipinski definition) is 2. The van der Waals surface area contributed by atoms with E-state index in [9.17, 15) is 9.59 Å². The lowest BCUT2D eigenvalue weighted by Crippen LogP contribution is -2.09. The summed E-state index contributed by atoms with van der Waals surface area (Å²) in [6.45, 7) is 1.62. The van der Waals surface area contributed by atoms with Crippen LogP contribution in [0.1, 0.15) is 55.0 Å². The van der Waals surface area contributed by atoms with Gasteiger partial charge in [-0.05, 0) is 83.7 Å². The first kappa shape index (κ1) is 20.6. The lowest BCUT2D eigenvalue weighted by Gasteiger charge is -2.25. The Hall–Kier alpha value is -3.66. The van der Waals surface area contributed by atoms with Gasteiger partial charge in [-0.3, -0.25) is 0 Å². The molecule has 3 aromatic carbocycles. The molecule has 0 saturated heterocycles. The van der Waals surface area contributed by atoms with Crippen LogP contribution >= 0.6 is 0 Å². The van der Waals surface area contributed by atoms with E-state index in [1.54, 1.807) is 18.1 Å². The summed E-state index contributed by atoms with van der Waals surface area (Å²) in [7, 11) is 0. The molecule has 4 heteroatoms. The van der Waals surface area contributed by atoms with Crippen LogP contribution in [0.15, 0.2) is 60.7 Å². The molecule has 156 valence electrons. The van der Waals surface area contributed by atoms with Crippen molar-refractivity contribution in [2.45, 2.75) is 32.6 Å². The highest BCUT2D eigenvalue weighted by atomic mass is 16.4. The van der Waals surface area contributed by atoms with E-state index in [0.717, 1.165) is 6.07 Å². The minimum absolute atomic E-state index is 0.0111. The number of benzene rings is 3. The Morgan fingerprint density at radius 3 is 2.39 bits per heavy atom. The number of aryl methyl sites for hydroxylation is 2. The van der Waals surface area contributed by atoms with Crippen molar-refractivity contribution in [3.8, 4) is 11.1 Å². The molecule has 31 heavy (non-hydrogen) atoms. The second-order valence-corrected chi connectivity index (χ2v) is 7.90. The molecular formula is C27H24O4. The van der Waals surface area contributed by atoms with Crippen LogP contribution in [0.3, 0.4) is 0 Å².